The minimum absolute atomic E-state index is 0.0537. The molecule has 1 aliphatic heterocycles. The molecule has 2 bridgehead atoms. The van der Waals surface area contributed by atoms with Crippen LogP contribution in [0.2, 0.25) is 0 Å². The normalized spacial score (nSPS) is 26.8. The molecule has 6 nitrogen and oxygen atoms in total. The number of nitrogens with zero attached hydrogens (tertiary/aromatic N) is 2. The van der Waals surface area contributed by atoms with E-state index < -0.39 is 11.7 Å². The molecule has 1 aromatic rings. The van der Waals surface area contributed by atoms with Gasteiger partial charge in [-0.25, -0.2) is 4.99 Å². The number of aliphatic imine (C=N–C) groups is 1. The van der Waals surface area contributed by atoms with Gasteiger partial charge in [-0.2, -0.15) is 13.2 Å². The van der Waals surface area contributed by atoms with Crippen molar-refractivity contribution in [1.82, 2.24) is 15.5 Å². The SMILES string of the molecule is CCNC(=NCc1cccc(C(F)(F)F)c1)NCCCN1C(=O)C2C3C=CC(C3)C2C1=O. The van der Waals surface area contributed by atoms with Gasteiger partial charge in [0.1, 0.15) is 0 Å². The Morgan fingerprint density at radius 3 is 2.44 bits per heavy atom. The number of fused-ring (bicyclic) bond motifs is 5. The number of nitrogens with one attached hydrogen (secondary N) is 2. The summed E-state index contributed by atoms with van der Waals surface area (Å²) < 4.78 is 38.6. The van der Waals surface area contributed by atoms with E-state index in [2.05, 4.69) is 27.8 Å². The molecular formula is C23H27F3N4O2. The number of alkyl halides is 3. The van der Waals surface area contributed by atoms with Gasteiger partial charge in [0.05, 0.1) is 23.9 Å². The van der Waals surface area contributed by atoms with Gasteiger partial charge >= 0.3 is 6.18 Å². The zero-order valence-electron chi connectivity index (χ0n) is 17.9. The fraction of sp³-hybridized carbons (Fsp3) is 0.522. The molecule has 4 unspecified atom stereocenters. The number of allylic oxidation sites excluding steroid dienone is 2. The summed E-state index contributed by atoms with van der Waals surface area (Å²) >= 11 is 0. The quantitative estimate of drug-likeness (QED) is 0.221. The minimum atomic E-state index is -4.39. The predicted octanol–water partition coefficient (Wildman–Crippen LogP) is 2.96. The van der Waals surface area contributed by atoms with Crippen LogP contribution in [0.3, 0.4) is 0 Å². The maximum atomic E-state index is 12.9. The minimum Gasteiger partial charge on any atom is -0.357 e. The molecule has 0 aromatic heterocycles. The lowest BCUT2D eigenvalue weighted by atomic mass is 9.85. The Morgan fingerprint density at radius 2 is 1.81 bits per heavy atom. The lowest BCUT2D eigenvalue weighted by molar-refractivity contribution is -0.141. The number of hydrogen-bond donors (Lipinski definition) is 2. The van der Waals surface area contributed by atoms with E-state index in [9.17, 15) is 22.8 Å². The molecule has 1 saturated heterocycles. The molecule has 2 aliphatic carbocycles. The van der Waals surface area contributed by atoms with Crippen LogP contribution in [-0.4, -0.2) is 42.3 Å². The topological polar surface area (TPSA) is 73.8 Å². The summed E-state index contributed by atoms with van der Waals surface area (Å²) in [6.45, 7) is 3.42. The van der Waals surface area contributed by atoms with Crippen LogP contribution in [0.25, 0.3) is 0 Å². The molecule has 2 fully saturated rings. The number of benzene rings is 1. The van der Waals surface area contributed by atoms with Gasteiger partial charge in [-0.05, 0) is 49.3 Å². The van der Waals surface area contributed by atoms with Gasteiger partial charge in [-0.1, -0.05) is 24.3 Å². The van der Waals surface area contributed by atoms with E-state index in [1.54, 1.807) is 6.07 Å². The summed E-state index contributed by atoms with van der Waals surface area (Å²) in [5.41, 5.74) is -0.239. The lowest BCUT2D eigenvalue weighted by Gasteiger charge is -2.18. The third-order valence-electron chi connectivity index (χ3n) is 6.43. The van der Waals surface area contributed by atoms with Crippen molar-refractivity contribution in [3.8, 4) is 0 Å². The molecule has 4 atom stereocenters. The molecule has 1 heterocycles. The Kier molecular flexibility index (Phi) is 6.26. The molecule has 32 heavy (non-hydrogen) atoms. The first-order valence-electron chi connectivity index (χ1n) is 11.0. The number of imide groups is 1. The number of carbonyl (C=O) groups excluding carboxylic acids is 2. The highest BCUT2D eigenvalue weighted by Crippen LogP contribution is 2.52. The fourth-order valence-corrected chi connectivity index (χ4v) is 4.99. The Hall–Kier alpha value is -2.84. The fourth-order valence-electron chi connectivity index (χ4n) is 4.99. The number of hydrogen-bond acceptors (Lipinski definition) is 3. The van der Waals surface area contributed by atoms with Gasteiger partial charge in [0.15, 0.2) is 5.96 Å². The Morgan fingerprint density at radius 1 is 1.12 bits per heavy atom. The summed E-state index contributed by atoms with van der Waals surface area (Å²) in [6, 6.07) is 5.10. The van der Waals surface area contributed by atoms with Crippen molar-refractivity contribution >= 4 is 17.8 Å². The largest absolute Gasteiger partial charge is 0.416 e. The van der Waals surface area contributed by atoms with Crippen molar-refractivity contribution in [3.63, 3.8) is 0 Å². The zero-order valence-corrected chi connectivity index (χ0v) is 17.9. The summed E-state index contributed by atoms with van der Waals surface area (Å²) in [4.78, 5) is 31.2. The van der Waals surface area contributed by atoms with Crippen LogP contribution >= 0.6 is 0 Å². The number of guanidine groups is 1. The van der Waals surface area contributed by atoms with Gasteiger partial charge in [-0.3, -0.25) is 14.5 Å². The highest BCUT2D eigenvalue weighted by Gasteiger charge is 2.58. The highest BCUT2D eigenvalue weighted by atomic mass is 19.4. The third kappa shape index (κ3) is 4.38. The van der Waals surface area contributed by atoms with Crippen molar-refractivity contribution in [1.29, 1.82) is 0 Å². The predicted molar refractivity (Wildman–Crippen MR) is 113 cm³/mol. The number of likely N-dealkylation sites (tertiary alicyclic amines) is 1. The van der Waals surface area contributed by atoms with Gasteiger partial charge < -0.3 is 10.6 Å². The van der Waals surface area contributed by atoms with Crippen molar-refractivity contribution in [2.75, 3.05) is 19.6 Å². The molecular weight excluding hydrogens is 421 g/mol. The van der Waals surface area contributed by atoms with E-state index in [-0.39, 0.29) is 42.0 Å². The molecule has 0 radical (unpaired) electrons. The van der Waals surface area contributed by atoms with Crippen LogP contribution in [-0.2, 0) is 22.3 Å². The maximum absolute atomic E-state index is 12.9. The van der Waals surface area contributed by atoms with Crippen LogP contribution in [0, 0.1) is 23.7 Å². The number of halogens is 3. The Balaban J connectivity index is 1.28. The zero-order chi connectivity index (χ0) is 22.9. The number of amides is 2. The van der Waals surface area contributed by atoms with E-state index in [4.69, 9.17) is 0 Å². The lowest BCUT2D eigenvalue weighted by Crippen LogP contribution is -2.40. The van der Waals surface area contributed by atoms with E-state index in [0.29, 0.717) is 37.6 Å². The molecule has 9 heteroatoms. The smallest absolute Gasteiger partial charge is 0.357 e. The van der Waals surface area contributed by atoms with Gasteiger partial charge in [-0.15, -0.1) is 0 Å². The van der Waals surface area contributed by atoms with Crippen molar-refractivity contribution in [2.24, 2.45) is 28.7 Å². The highest BCUT2D eigenvalue weighted by molar-refractivity contribution is 6.06. The van der Waals surface area contributed by atoms with Gasteiger partial charge in [0.25, 0.3) is 0 Å². The van der Waals surface area contributed by atoms with Crippen LogP contribution < -0.4 is 10.6 Å². The second-order valence-corrected chi connectivity index (χ2v) is 8.50. The van der Waals surface area contributed by atoms with Crippen molar-refractivity contribution in [2.45, 2.75) is 32.5 Å². The summed E-state index contributed by atoms with van der Waals surface area (Å²) in [7, 11) is 0. The summed E-state index contributed by atoms with van der Waals surface area (Å²) in [6.07, 6.45) is 1.24. The van der Waals surface area contributed by atoms with Gasteiger partial charge in [0, 0.05) is 19.6 Å². The molecule has 172 valence electrons. The van der Waals surface area contributed by atoms with E-state index in [1.165, 1.54) is 11.0 Å². The molecule has 1 saturated carbocycles. The summed E-state index contributed by atoms with van der Waals surface area (Å²) in [5.74, 6) is 0.404. The Bertz CT molecular complexity index is 913. The van der Waals surface area contributed by atoms with Crippen LogP contribution in [0.5, 0.6) is 0 Å². The van der Waals surface area contributed by atoms with Crippen LogP contribution in [0.4, 0.5) is 13.2 Å². The first-order chi connectivity index (χ1) is 15.3. The summed E-state index contributed by atoms with van der Waals surface area (Å²) in [5, 5.41) is 6.18. The standard InChI is InChI=1S/C23H27F3N4O2/c1-2-27-22(29-13-14-5-3-6-17(11-14)23(24,25)26)28-9-4-10-30-20(31)18-15-7-8-16(12-15)19(18)21(30)32/h3,5-8,11,15-16,18-19H,2,4,9-10,12-13H2,1H3,(H2,27,28,29). The van der Waals surface area contributed by atoms with Crippen molar-refractivity contribution < 1.29 is 22.8 Å². The molecule has 3 aliphatic rings. The number of rotatable bonds is 7. The molecule has 2 N–H and O–H groups in total. The van der Waals surface area contributed by atoms with Crippen LogP contribution in [0.1, 0.15) is 30.9 Å². The van der Waals surface area contributed by atoms with Crippen molar-refractivity contribution in [3.05, 3.63) is 47.5 Å². The third-order valence-corrected chi connectivity index (χ3v) is 6.43. The molecule has 0 spiro atoms. The van der Waals surface area contributed by atoms with E-state index >= 15 is 0 Å². The van der Waals surface area contributed by atoms with E-state index in [1.807, 2.05) is 6.92 Å². The molecule has 4 rings (SSSR count). The van der Waals surface area contributed by atoms with Gasteiger partial charge in [0.2, 0.25) is 11.8 Å². The molecule has 2 amide bonds. The van der Waals surface area contributed by atoms with E-state index in [0.717, 1.165) is 18.6 Å². The monoisotopic (exact) mass is 448 g/mol. The maximum Gasteiger partial charge on any atom is 0.416 e. The second kappa shape index (κ2) is 8.96. The first-order valence-corrected chi connectivity index (χ1v) is 11.0. The molecule has 1 aromatic carbocycles. The average Bonchev–Trinajstić information content (AvgIpc) is 3.44. The number of carbonyl (C=O) groups is 2. The Labute approximate surface area is 185 Å². The van der Waals surface area contributed by atoms with Crippen LogP contribution in [0.15, 0.2) is 41.4 Å². The average molecular weight is 448 g/mol. The first kappa shape index (κ1) is 22.4. The second-order valence-electron chi connectivity index (χ2n) is 8.50.